The predicted octanol–water partition coefficient (Wildman–Crippen LogP) is 1.78. The molecular weight excluding hydrogens is 300 g/mol. The van der Waals surface area contributed by atoms with Crippen LogP contribution >= 0.6 is 11.6 Å². The molecule has 2 saturated heterocycles. The Morgan fingerprint density at radius 2 is 1.90 bits per heavy atom. The van der Waals surface area contributed by atoms with E-state index in [9.17, 15) is 8.42 Å². The van der Waals surface area contributed by atoms with Gasteiger partial charge < -0.3 is 10.5 Å². The molecule has 20 heavy (non-hydrogen) atoms. The van der Waals surface area contributed by atoms with Gasteiger partial charge in [-0.3, -0.25) is 0 Å². The molecule has 1 aromatic rings. The van der Waals surface area contributed by atoms with E-state index in [0.717, 1.165) is 12.8 Å². The van der Waals surface area contributed by atoms with Gasteiger partial charge >= 0.3 is 0 Å². The molecule has 7 heteroatoms. The summed E-state index contributed by atoms with van der Waals surface area (Å²) in [5.41, 5.74) is 6.92. The van der Waals surface area contributed by atoms with Crippen molar-refractivity contribution in [1.29, 1.82) is 0 Å². The number of sulfonamides is 1. The fourth-order valence-electron chi connectivity index (χ4n) is 2.75. The Kier molecular flexibility index (Phi) is 3.44. The van der Waals surface area contributed by atoms with Crippen molar-refractivity contribution in [3.63, 3.8) is 0 Å². The molecule has 2 aliphatic heterocycles. The fourth-order valence-corrected chi connectivity index (χ4v) is 4.60. The first-order valence-corrected chi connectivity index (χ1v) is 8.41. The van der Waals surface area contributed by atoms with Crippen LogP contribution in [0.1, 0.15) is 18.4 Å². The number of ether oxygens (including phenoxy) is 1. The van der Waals surface area contributed by atoms with Crippen LogP contribution in [0.15, 0.2) is 17.0 Å². The molecule has 110 valence electrons. The summed E-state index contributed by atoms with van der Waals surface area (Å²) in [7, 11) is -3.56. The highest BCUT2D eigenvalue weighted by Crippen LogP contribution is 2.32. The van der Waals surface area contributed by atoms with E-state index in [1.54, 1.807) is 6.92 Å². The van der Waals surface area contributed by atoms with E-state index < -0.39 is 10.0 Å². The minimum absolute atomic E-state index is 0.0155. The number of hydrogen-bond donors (Lipinski definition) is 1. The fraction of sp³-hybridized carbons (Fsp3) is 0.538. The first-order chi connectivity index (χ1) is 9.38. The molecule has 1 aromatic carbocycles. The van der Waals surface area contributed by atoms with E-state index in [2.05, 4.69) is 0 Å². The number of nitrogens with two attached hydrogens (primary N) is 1. The highest BCUT2D eigenvalue weighted by molar-refractivity contribution is 7.89. The summed E-state index contributed by atoms with van der Waals surface area (Å²) in [5.74, 6) is 0. The van der Waals surface area contributed by atoms with Crippen molar-refractivity contribution < 1.29 is 13.2 Å². The molecule has 3 rings (SSSR count). The maximum atomic E-state index is 12.7. The molecule has 0 saturated carbocycles. The SMILES string of the molecule is Cc1c(N)cc(S(=O)(=O)N2CC3CCC(C2)O3)cc1Cl. The zero-order valence-electron chi connectivity index (χ0n) is 11.2. The molecule has 2 aliphatic rings. The second kappa shape index (κ2) is 4.87. The van der Waals surface area contributed by atoms with E-state index >= 15 is 0 Å². The van der Waals surface area contributed by atoms with E-state index in [1.807, 2.05) is 0 Å². The van der Waals surface area contributed by atoms with Crippen molar-refractivity contribution in [2.24, 2.45) is 0 Å². The lowest BCUT2D eigenvalue weighted by molar-refractivity contribution is -0.0114. The van der Waals surface area contributed by atoms with E-state index in [-0.39, 0.29) is 17.1 Å². The number of benzene rings is 1. The number of hydrogen-bond acceptors (Lipinski definition) is 4. The lowest BCUT2D eigenvalue weighted by Gasteiger charge is -2.31. The van der Waals surface area contributed by atoms with Crippen LogP contribution in [0.4, 0.5) is 5.69 Å². The number of rotatable bonds is 2. The van der Waals surface area contributed by atoms with Gasteiger partial charge in [-0.15, -0.1) is 0 Å². The molecule has 2 fully saturated rings. The normalized spacial score (nSPS) is 26.9. The van der Waals surface area contributed by atoms with Crippen LogP contribution in [0.2, 0.25) is 5.02 Å². The number of fused-ring (bicyclic) bond motifs is 2. The largest absolute Gasteiger partial charge is 0.398 e. The van der Waals surface area contributed by atoms with Crippen molar-refractivity contribution >= 4 is 27.3 Å². The maximum Gasteiger partial charge on any atom is 0.243 e. The summed E-state index contributed by atoms with van der Waals surface area (Å²) in [5, 5.41) is 0.375. The van der Waals surface area contributed by atoms with Crippen molar-refractivity contribution in [2.45, 2.75) is 36.9 Å². The van der Waals surface area contributed by atoms with E-state index in [0.29, 0.717) is 29.4 Å². The smallest absolute Gasteiger partial charge is 0.243 e. The van der Waals surface area contributed by atoms with Crippen molar-refractivity contribution in [1.82, 2.24) is 4.31 Å². The maximum absolute atomic E-state index is 12.7. The van der Waals surface area contributed by atoms with E-state index in [1.165, 1.54) is 16.4 Å². The van der Waals surface area contributed by atoms with Crippen molar-refractivity contribution in [3.8, 4) is 0 Å². The molecule has 0 aliphatic carbocycles. The number of anilines is 1. The highest BCUT2D eigenvalue weighted by Gasteiger charge is 2.39. The molecule has 0 amide bonds. The average Bonchev–Trinajstić information content (AvgIpc) is 2.73. The third-order valence-electron chi connectivity index (χ3n) is 4.01. The van der Waals surface area contributed by atoms with Crippen LogP contribution in [-0.2, 0) is 14.8 Å². The summed E-state index contributed by atoms with van der Waals surface area (Å²) in [6.45, 7) is 2.58. The Morgan fingerprint density at radius 1 is 1.30 bits per heavy atom. The third-order valence-corrected chi connectivity index (χ3v) is 6.21. The molecule has 0 aromatic heterocycles. The lowest BCUT2D eigenvalue weighted by atomic mass is 10.2. The molecule has 2 atom stereocenters. The molecule has 2 unspecified atom stereocenters. The van der Waals surface area contributed by atoms with Crippen LogP contribution in [0, 0.1) is 6.92 Å². The minimum Gasteiger partial charge on any atom is -0.398 e. The molecule has 2 N–H and O–H groups in total. The first-order valence-electron chi connectivity index (χ1n) is 6.59. The Balaban J connectivity index is 1.96. The average molecular weight is 317 g/mol. The van der Waals surface area contributed by atoms with Gasteiger partial charge in [-0.05, 0) is 37.5 Å². The lowest BCUT2D eigenvalue weighted by Crippen LogP contribution is -2.45. The van der Waals surface area contributed by atoms with Gasteiger partial charge in [0.1, 0.15) is 0 Å². The standard InChI is InChI=1S/C13H17ClN2O3S/c1-8-12(14)4-11(5-13(8)15)20(17,18)16-6-9-2-3-10(7-16)19-9/h4-5,9-10H,2-3,6-7,15H2,1H3. The summed E-state index contributed by atoms with van der Waals surface area (Å²) < 4.78 is 32.5. The zero-order valence-corrected chi connectivity index (χ0v) is 12.7. The number of halogens is 1. The van der Waals surface area contributed by atoms with Crippen LogP contribution in [0.3, 0.4) is 0 Å². The van der Waals surface area contributed by atoms with Gasteiger partial charge in [0.05, 0.1) is 17.1 Å². The molecule has 5 nitrogen and oxygen atoms in total. The molecule has 0 radical (unpaired) electrons. The predicted molar refractivity (Wildman–Crippen MR) is 77.3 cm³/mol. The summed E-state index contributed by atoms with van der Waals surface area (Å²) >= 11 is 6.05. The second-order valence-electron chi connectivity index (χ2n) is 5.40. The highest BCUT2D eigenvalue weighted by atomic mass is 35.5. The van der Waals surface area contributed by atoms with Gasteiger partial charge in [0.2, 0.25) is 10.0 Å². The second-order valence-corrected chi connectivity index (χ2v) is 7.74. The first kappa shape index (κ1) is 14.1. The number of nitrogens with zero attached hydrogens (tertiary/aromatic N) is 1. The van der Waals surface area contributed by atoms with Gasteiger partial charge in [0.15, 0.2) is 0 Å². The third kappa shape index (κ3) is 2.30. The topological polar surface area (TPSA) is 72.6 Å². The number of morpholine rings is 1. The number of nitrogen functional groups attached to an aromatic ring is 1. The van der Waals surface area contributed by atoms with Crippen molar-refractivity contribution in [2.75, 3.05) is 18.8 Å². The van der Waals surface area contributed by atoms with Gasteiger partial charge in [0, 0.05) is 23.8 Å². The molecule has 2 bridgehead atoms. The van der Waals surface area contributed by atoms with Crippen LogP contribution < -0.4 is 5.73 Å². The Morgan fingerprint density at radius 3 is 2.45 bits per heavy atom. The Hall–Kier alpha value is -0.820. The molecule has 2 heterocycles. The summed E-state index contributed by atoms with van der Waals surface area (Å²) in [4.78, 5) is 0.159. The van der Waals surface area contributed by atoms with Crippen LogP contribution in [0.25, 0.3) is 0 Å². The minimum atomic E-state index is -3.56. The summed E-state index contributed by atoms with van der Waals surface area (Å²) in [6.07, 6.45) is 1.88. The molecular formula is C13H17ClN2O3S. The van der Waals surface area contributed by atoms with Crippen LogP contribution in [-0.4, -0.2) is 38.0 Å². The summed E-state index contributed by atoms with van der Waals surface area (Å²) in [6, 6.07) is 2.95. The van der Waals surface area contributed by atoms with Crippen molar-refractivity contribution in [3.05, 3.63) is 22.7 Å². The van der Waals surface area contributed by atoms with Gasteiger partial charge in [-0.25, -0.2) is 8.42 Å². The zero-order chi connectivity index (χ0) is 14.5. The Bertz CT molecular complexity index is 612. The van der Waals surface area contributed by atoms with Gasteiger partial charge in [-0.1, -0.05) is 11.6 Å². The van der Waals surface area contributed by atoms with Crippen LogP contribution in [0.5, 0.6) is 0 Å². The quantitative estimate of drug-likeness (QED) is 0.844. The van der Waals surface area contributed by atoms with Gasteiger partial charge in [-0.2, -0.15) is 4.31 Å². The Labute approximate surface area is 123 Å². The monoisotopic (exact) mass is 316 g/mol. The molecule has 0 spiro atoms. The van der Waals surface area contributed by atoms with E-state index in [4.69, 9.17) is 22.1 Å². The van der Waals surface area contributed by atoms with Gasteiger partial charge in [0.25, 0.3) is 0 Å².